The van der Waals surface area contributed by atoms with Gasteiger partial charge >= 0.3 is 0 Å². The van der Waals surface area contributed by atoms with Crippen LogP contribution in [-0.4, -0.2) is 11.8 Å². The van der Waals surface area contributed by atoms with Crippen LogP contribution in [0, 0.1) is 12.3 Å². The van der Waals surface area contributed by atoms with Crippen LogP contribution < -0.4 is 10.6 Å². The Morgan fingerprint density at radius 3 is 2.64 bits per heavy atom. The molecule has 0 saturated heterocycles. The van der Waals surface area contributed by atoms with Gasteiger partial charge in [-0.3, -0.25) is 9.59 Å². The van der Waals surface area contributed by atoms with Crippen molar-refractivity contribution in [1.29, 1.82) is 0 Å². The maximum Gasteiger partial charge on any atom is 0.262 e. The van der Waals surface area contributed by atoms with E-state index in [2.05, 4.69) is 10.6 Å². The summed E-state index contributed by atoms with van der Waals surface area (Å²) in [4.78, 5) is 24.8. The molecule has 2 amide bonds. The molecule has 0 aliphatic rings. The van der Waals surface area contributed by atoms with Gasteiger partial charge in [0.05, 0.1) is 22.7 Å². The first-order valence-electron chi connectivity index (χ1n) is 7.00. The predicted octanol–water partition coefficient (Wildman–Crippen LogP) is 3.56. The van der Waals surface area contributed by atoms with E-state index in [-0.39, 0.29) is 11.8 Å². The number of anilines is 1. The Balaban J connectivity index is 2.02. The van der Waals surface area contributed by atoms with Gasteiger partial charge in [0.25, 0.3) is 5.91 Å². The summed E-state index contributed by atoms with van der Waals surface area (Å²) >= 11 is 1.27. The highest BCUT2D eigenvalue weighted by Gasteiger charge is 2.23. The molecule has 0 bridgehead atoms. The number of amides is 2. The van der Waals surface area contributed by atoms with Crippen LogP contribution >= 0.6 is 11.3 Å². The van der Waals surface area contributed by atoms with Gasteiger partial charge in [0.2, 0.25) is 5.91 Å². The van der Waals surface area contributed by atoms with Gasteiger partial charge in [-0.05, 0) is 30.7 Å². The summed E-state index contributed by atoms with van der Waals surface area (Å²) < 4.78 is 5.18. The van der Waals surface area contributed by atoms with Crippen LogP contribution in [0.4, 0.5) is 5.00 Å². The quantitative estimate of drug-likeness (QED) is 0.904. The molecule has 0 aliphatic carbocycles. The molecule has 0 atom stereocenters. The zero-order valence-corrected chi connectivity index (χ0v) is 14.0. The Hall–Kier alpha value is -2.08. The average molecular weight is 320 g/mol. The lowest BCUT2D eigenvalue weighted by Gasteiger charge is -2.16. The fourth-order valence-corrected chi connectivity index (χ4v) is 2.71. The summed E-state index contributed by atoms with van der Waals surface area (Å²) in [5.41, 5.74) is 0.366. The van der Waals surface area contributed by atoms with Crippen molar-refractivity contribution in [3.8, 4) is 0 Å². The average Bonchev–Trinajstić information content (AvgIpc) is 3.04. The number of aryl methyl sites for hydroxylation is 1. The fraction of sp³-hybridized carbons (Fsp3) is 0.375. The first kappa shape index (κ1) is 16.3. The number of nitrogens with one attached hydrogen (secondary N) is 2. The summed E-state index contributed by atoms with van der Waals surface area (Å²) in [5, 5.41) is 6.33. The molecule has 22 heavy (non-hydrogen) atoms. The fourth-order valence-electron chi connectivity index (χ4n) is 1.73. The first-order chi connectivity index (χ1) is 10.3. The summed E-state index contributed by atoms with van der Waals surface area (Å²) in [5.74, 6) is 0.454. The molecular weight excluding hydrogens is 300 g/mol. The number of carbonyl (C=O) groups excluding carboxylic acids is 2. The topological polar surface area (TPSA) is 71.3 Å². The normalized spacial score (nSPS) is 11.3. The molecule has 2 heterocycles. The van der Waals surface area contributed by atoms with E-state index >= 15 is 0 Å². The third-order valence-electron chi connectivity index (χ3n) is 3.05. The minimum atomic E-state index is -0.473. The third-order valence-corrected chi connectivity index (χ3v) is 4.20. The Bertz CT molecular complexity index is 666. The van der Waals surface area contributed by atoms with E-state index in [1.165, 1.54) is 11.3 Å². The van der Waals surface area contributed by atoms with Crippen molar-refractivity contribution in [2.24, 2.45) is 5.41 Å². The number of carbonyl (C=O) groups is 2. The number of rotatable bonds is 4. The molecular formula is C16H20N2O3S. The lowest BCUT2D eigenvalue weighted by molar-refractivity contribution is -0.123. The second kappa shape index (κ2) is 6.36. The molecule has 118 valence electrons. The van der Waals surface area contributed by atoms with Crippen molar-refractivity contribution >= 4 is 28.2 Å². The lowest BCUT2D eigenvalue weighted by atomic mass is 9.96. The van der Waals surface area contributed by atoms with E-state index in [0.717, 1.165) is 5.56 Å². The molecule has 6 heteroatoms. The minimum absolute atomic E-state index is 0.0729. The molecule has 0 fully saturated rings. The smallest absolute Gasteiger partial charge is 0.262 e. The number of thiophene rings is 1. The van der Waals surface area contributed by atoms with E-state index in [0.29, 0.717) is 22.2 Å². The lowest BCUT2D eigenvalue weighted by Crippen LogP contribution is -2.27. The Kier molecular flexibility index (Phi) is 4.71. The first-order valence-corrected chi connectivity index (χ1v) is 7.81. The van der Waals surface area contributed by atoms with Gasteiger partial charge in [-0.25, -0.2) is 0 Å². The highest BCUT2D eigenvalue weighted by molar-refractivity contribution is 7.18. The van der Waals surface area contributed by atoms with Gasteiger partial charge in [0.1, 0.15) is 5.76 Å². The second-order valence-electron chi connectivity index (χ2n) is 6.09. The van der Waals surface area contributed by atoms with Gasteiger partial charge in [-0.2, -0.15) is 0 Å². The Labute approximate surface area is 133 Å². The molecule has 5 nitrogen and oxygen atoms in total. The van der Waals surface area contributed by atoms with Crippen molar-refractivity contribution in [3.63, 3.8) is 0 Å². The molecule has 0 unspecified atom stereocenters. The monoisotopic (exact) mass is 320 g/mol. The standard InChI is InChI=1S/C16H20N2O3S/c1-10-8-12(18-15(20)16(2,3)4)22-13(10)14(19)17-9-11-6-5-7-21-11/h5-8H,9H2,1-4H3,(H,17,19)(H,18,20). The number of hydrogen-bond donors (Lipinski definition) is 2. The highest BCUT2D eigenvalue weighted by Crippen LogP contribution is 2.28. The van der Waals surface area contributed by atoms with Crippen LogP contribution in [0.5, 0.6) is 0 Å². The van der Waals surface area contributed by atoms with Gasteiger partial charge < -0.3 is 15.1 Å². The van der Waals surface area contributed by atoms with Crippen molar-refractivity contribution in [3.05, 3.63) is 40.7 Å². The van der Waals surface area contributed by atoms with Crippen LogP contribution in [0.3, 0.4) is 0 Å². The zero-order valence-electron chi connectivity index (χ0n) is 13.1. The van der Waals surface area contributed by atoms with Crippen molar-refractivity contribution in [2.45, 2.75) is 34.2 Å². The highest BCUT2D eigenvalue weighted by atomic mass is 32.1. The van der Waals surface area contributed by atoms with Crippen molar-refractivity contribution in [2.75, 3.05) is 5.32 Å². The number of hydrogen-bond acceptors (Lipinski definition) is 4. The summed E-state index contributed by atoms with van der Waals surface area (Å²) in [6, 6.07) is 5.39. The van der Waals surface area contributed by atoms with Gasteiger partial charge in [0.15, 0.2) is 0 Å². The maximum atomic E-state index is 12.2. The SMILES string of the molecule is Cc1cc(NC(=O)C(C)(C)C)sc1C(=O)NCc1ccco1. The minimum Gasteiger partial charge on any atom is -0.467 e. The summed E-state index contributed by atoms with van der Waals surface area (Å²) in [6.45, 7) is 7.73. The third kappa shape index (κ3) is 3.98. The number of furan rings is 1. The van der Waals surface area contributed by atoms with E-state index in [4.69, 9.17) is 4.42 Å². The Morgan fingerprint density at radius 1 is 1.32 bits per heavy atom. The van der Waals surface area contributed by atoms with Gasteiger partial charge in [0, 0.05) is 5.41 Å². The molecule has 0 spiro atoms. The molecule has 2 aromatic rings. The zero-order chi connectivity index (χ0) is 16.3. The Morgan fingerprint density at radius 2 is 2.05 bits per heavy atom. The molecule has 0 radical (unpaired) electrons. The maximum absolute atomic E-state index is 12.2. The van der Waals surface area contributed by atoms with E-state index < -0.39 is 5.41 Å². The predicted molar refractivity (Wildman–Crippen MR) is 87.0 cm³/mol. The van der Waals surface area contributed by atoms with E-state index in [1.54, 1.807) is 18.4 Å². The molecule has 0 aliphatic heterocycles. The van der Waals surface area contributed by atoms with Crippen LogP contribution in [0.25, 0.3) is 0 Å². The second-order valence-corrected chi connectivity index (χ2v) is 7.14. The van der Waals surface area contributed by atoms with Crippen LogP contribution in [-0.2, 0) is 11.3 Å². The largest absolute Gasteiger partial charge is 0.467 e. The van der Waals surface area contributed by atoms with Gasteiger partial charge in [-0.1, -0.05) is 20.8 Å². The van der Waals surface area contributed by atoms with Crippen LogP contribution in [0.1, 0.15) is 41.8 Å². The van der Waals surface area contributed by atoms with Gasteiger partial charge in [-0.15, -0.1) is 11.3 Å². The molecule has 0 aromatic carbocycles. The van der Waals surface area contributed by atoms with E-state index in [9.17, 15) is 9.59 Å². The van der Waals surface area contributed by atoms with Crippen molar-refractivity contribution in [1.82, 2.24) is 5.32 Å². The molecule has 2 rings (SSSR count). The van der Waals surface area contributed by atoms with Crippen molar-refractivity contribution < 1.29 is 14.0 Å². The molecule has 2 aromatic heterocycles. The molecule has 2 N–H and O–H groups in total. The molecule has 0 saturated carbocycles. The summed E-state index contributed by atoms with van der Waals surface area (Å²) in [6.07, 6.45) is 1.57. The van der Waals surface area contributed by atoms with Crippen LogP contribution in [0.2, 0.25) is 0 Å². The summed E-state index contributed by atoms with van der Waals surface area (Å²) in [7, 11) is 0. The van der Waals surface area contributed by atoms with E-state index in [1.807, 2.05) is 33.8 Å². The van der Waals surface area contributed by atoms with Crippen LogP contribution in [0.15, 0.2) is 28.9 Å².